The minimum Gasteiger partial charge on any atom is -0.382 e. The molecular weight excluding hydrogens is 210 g/mol. The Labute approximate surface area is 94.0 Å². The lowest BCUT2D eigenvalue weighted by atomic mass is 10.1. The summed E-state index contributed by atoms with van der Waals surface area (Å²) in [5.41, 5.74) is 4.93. The summed E-state index contributed by atoms with van der Waals surface area (Å²) >= 11 is 0. The molecule has 7 heteroatoms. The van der Waals surface area contributed by atoms with Crippen LogP contribution in [0.2, 0.25) is 0 Å². The van der Waals surface area contributed by atoms with Gasteiger partial charge in [0.05, 0.1) is 12.1 Å². The number of nitrogens with zero attached hydrogens (tertiary/aromatic N) is 3. The number of amides is 1. The fourth-order valence-electron chi connectivity index (χ4n) is 1.35. The number of carbonyl (C=O) groups is 1. The van der Waals surface area contributed by atoms with Crippen molar-refractivity contribution < 1.29 is 9.53 Å². The lowest BCUT2D eigenvalue weighted by Crippen LogP contribution is -2.48. The summed E-state index contributed by atoms with van der Waals surface area (Å²) in [5, 5.41) is 6.64. The second-order valence-corrected chi connectivity index (χ2v) is 4.17. The molecule has 0 radical (unpaired) electrons. The summed E-state index contributed by atoms with van der Waals surface area (Å²) in [4.78, 5) is 15.3. The number of nitrogens with one attached hydrogen (secondary N) is 1. The fraction of sp³-hybridized carbons (Fsp3) is 0.667. The predicted octanol–water partition coefficient (Wildman–Crippen LogP) is -0.598. The molecule has 0 atom stereocenters. The van der Waals surface area contributed by atoms with Crippen LogP contribution in [0.25, 0.3) is 0 Å². The summed E-state index contributed by atoms with van der Waals surface area (Å²) in [6.45, 7) is 4.30. The van der Waals surface area contributed by atoms with E-state index in [-0.39, 0.29) is 18.4 Å². The topological polar surface area (TPSA) is 95.1 Å². The highest BCUT2D eigenvalue weighted by Crippen LogP contribution is 2.02. The molecule has 0 aromatic carbocycles. The molecule has 90 valence electrons. The van der Waals surface area contributed by atoms with E-state index in [2.05, 4.69) is 15.4 Å². The van der Waals surface area contributed by atoms with Crippen LogP contribution in [0.5, 0.6) is 0 Å². The van der Waals surface area contributed by atoms with E-state index in [1.807, 2.05) is 13.8 Å². The number of nitrogen functional groups attached to an aromatic ring is 1. The molecule has 0 aliphatic carbocycles. The molecule has 0 bridgehead atoms. The Morgan fingerprint density at radius 3 is 2.88 bits per heavy atom. The highest BCUT2D eigenvalue weighted by atomic mass is 16.5. The number of rotatable bonds is 5. The summed E-state index contributed by atoms with van der Waals surface area (Å²) < 4.78 is 6.37. The van der Waals surface area contributed by atoms with Crippen LogP contribution < -0.4 is 11.1 Å². The van der Waals surface area contributed by atoms with Crippen LogP contribution in [0.4, 0.5) is 5.95 Å². The largest absolute Gasteiger partial charge is 0.382 e. The molecule has 0 aliphatic rings. The number of methoxy groups -OCH3 is 1. The first-order valence-electron chi connectivity index (χ1n) is 4.88. The van der Waals surface area contributed by atoms with Crippen LogP contribution in [0.1, 0.15) is 13.8 Å². The summed E-state index contributed by atoms with van der Waals surface area (Å²) in [5.74, 6) is -0.00379. The molecule has 3 N–H and O–H groups in total. The normalized spacial score (nSPS) is 11.4. The average molecular weight is 227 g/mol. The zero-order valence-electron chi connectivity index (χ0n) is 9.73. The standard InChI is InChI=1S/C9H17N5O2/c1-9(2,5-16-3)12-7(15)4-14-6-11-8(10)13-14/h6H,4-5H2,1-3H3,(H2,10,13)(H,12,15). The Morgan fingerprint density at radius 1 is 1.69 bits per heavy atom. The van der Waals surface area contributed by atoms with Crippen LogP contribution in [0.3, 0.4) is 0 Å². The van der Waals surface area contributed by atoms with Gasteiger partial charge in [0.2, 0.25) is 11.9 Å². The maximum atomic E-state index is 11.6. The molecule has 1 amide bonds. The van der Waals surface area contributed by atoms with Gasteiger partial charge in [0.25, 0.3) is 0 Å². The number of carbonyl (C=O) groups excluding carboxylic acids is 1. The van der Waals surface area contributed by atoms with Crippen LogP contribution in [0.15, 0.2) is 6.33 Å². The first kappa shape index (κ1) is 12.4. The van der Waals surface area contributed by atoms with Crippen molar-refractivity contribution in [1.82, 2.24) is 20.1 Å². The van der Waals surface area contributed by atoms with Gasteiger partial charge in [-0.15, -0.1) is 5.10 Å². The number of hydrogen-bond acceptors (Lipinski definition) is 5. The molecule has 1 aromatic rings. The second-order valence-electron chi connectivity index (χ2n) is 4.17. The summed E-state index contributed by atoms with van der Waals surface area (Å²) in [7, 11) is 1.59. The number of ether oxygens (including phenoxy) is 1. The van der Waals surface area contributed by atoms with E-state index in [0.29, 0.717) is 6.61 Å². The van der Waals surface area contributed by atoms with Gasteiger partial charge < -0.3 is 15.8 Å². The molecule has 1 rings (SSSR count). The highest BCUT2D eigenvalue weighted by molar-refractivity contribution is 5.76. The minimum absolute atomic E-state index is 0.0946. The molecule has 0 unspecified atom stereocenters. The summed E-state index contributed by atoms with van der Waals surface area (Å²) in [6.07, 6.45) is 1.41. The van der Waals surface area contributed by atoms with Gasteiger partial charge >= 0.3 is 0 Å². The number of nitrogens with two attached hydrogens (primary N) is 1. The molecular formula is C9H17N5O2. The van der Waals surface area contributed by atoms with Gasteiger partial charge in [-0.1, -0.05) is 0 Å². The smallest absolute Gasteiger partial charge is 0.242 e. The zero-order chi connectivity index (χ0) is 12.2. The van der Waals surface area contributed by atoms with Crippen molar-refractivity contribution in [3.05, 3.63) is 6.33 Å². The van der Waals surface area contributed by atoms with Crippen molar-refractivity contribution in [2.45, 2.75) is 25.9 Å². The minimum atomic E-state index is -0.405. The Bertz CT molecular complexity index is 361. The third-order valence-electron chi connectivity index (χ3n) is 1.84. The fourth-order valence-corrected chi connectivity index (χ4v) is 1.35. The van der Waals surface area contributed by atoms with Crippen molar-refractivity contribution in [2.75, 3.05) is 19.5 Å². The predicted molar refractivity (Wildman–Crippen MR) is 58.5 cm³/mol. The van der Waals surface area contributed by atoms with Crippen molar-refractivity contribution in [2.24, 2.45) is 0 Å². The molecule has 16 heavy (non-hydrogen) atoms. The van der Waals surface area contributed by atoms with Crippen LogP contribution in [-0.2, 0) is 16.1 Å². The third-order valence-corrected chi connectivity index (χ3v) is 1.84. The van der Waals surface area contributed by atoms with Gasteiger partial charge in [0, 0.05) is 7.11 Å². The number of aromatic nitrogens is 3. The first-order valence-corrected chi connectivity index (χ1v) is 4.88. The average Bonchev–Trinajstić information content (AvgIpc) is 2.49. The van der Waals surface area contributed by atoms with E-state index in [9.17, 15) is 4.79 Å². The van der Waals surface area contributed by atoms with Crippen molar-refractivity contribution in [1.29, 1.82) is 0 Å². The van der Waals surface area contributed by atoms with E-state index in [0.717, 1.165) is 0 Å². The molecule has 1 aromatic heterocycles. The van der Waals surface area contributed by atoms with Crippen molar-refractivity contribution >= 4 is 11.9 Å². The van der Waals surface area contributed by atoms with Gasteiger partial charge in [-0.3, -0.25) is 4.79 Å². The van der Waals surface area contributed by atoms with E-state index in [1.54, 1.807) is 7.11 Å². The molecule has 0 saturated carbocycles. The van der Waals surface area contributed by atoms with E-state index < -0.39 is 5.54 Å². The first-order chi connectivity index (χ1) is 7.43. The Morgan fingerprint density at radius 2 is 2.38 bits per heavy atom. The van der Waals surface area contributed by atoms with Gasteiger partial charge in [-0.05, 0) is 13.8 Å². The van der Waals surface area contributed by atoms with Crippen LogP contribution in [0, 0.1) is 0 Å². The monoisotopic (exact) mass is 227 g/mol. The van der Waals surface area contributed by atoms with Gasteiger partial charge in [-0.25, -0.2) is 9.67 Å². The Hall–Kier alpha value is -1.63. The van der Waals surface area contributed by atoms with Crippen molar-refractivity contribution in [3.8, 4) is 0 Å². The SMILES string of the molecule is COCC(C)(C)NC(=O)Cn1cnc(N)n1. The Balaban J connectivity index is 2.47. The molecule has 0 saturated heterocycles. The third kappa shape index (κ3) is 3.85. The van der Waals surface area contributed by atoms with Crippen LogP contribution in [-0.4, -0.2) is 39.9 Å². The van der Waals surface area contributed by atoms with E-state index in [1.165, 1.54) is 11.0 Å². The lowest BCUT2D eigenvalue weighted by molar-refractivity contribution is -0.124. The molecule has 0 fully saturated rings. The zero-order valence-corrected chi connectivity index (χ0v) is 9.73. The van der Waals surface area contributed by atoms with Gasteiger partial charge in [0.15, 0.2) is 0 Å². The van der Waals surface area contributed by atoms with E-state index >= 15 is 0 Å². The van der Waals surface area contributed by atoms with Crippen molar-refractivity contribution in [3.63, 3.8) is 0 Å². The van der Waals surface area contributed by atoms with E-state index in [4.69, 9.17) is 10.5 Å². The molecule has 0 aliphatic heterocycles. The lowest BCUT2D eigenvalue weighted by Gasteiger charge is -2.25. The number of anilines is 1. The molecule has 0 spiro atoms. The van der Waals surface area contributed by atoms with Gasteiger partial charge in [0.1, 0.15) is 12.9 Å². The Kier molecular flexibility index (Phi) is 3.83. The van der Waals surface area contributed by atoms with Gasteiger partial charge in [-0.2, -0.15) is 0 Å². The maximum absolute atomic E-state index is 11.6. The molecule has 1 heterocycles. The highest BCUT2D eigenvalue weighted by Gasteiger charge is 2.20. The quantitative estimate of drug-likeness (QED) is 0.700. The second kappa shape index (κ2) is 4.93. The number of hydrogen-bond donors (Lipinski definition) is 2. The molecule has 7 nitrogen and oxygen atoms in total. The van der Waals surface area contributed by atoms with Crippen LogP contribution >= 0.6 is 0 Å². The summed E-state index contributed by atoms with van der Waals surface area (Å²) in [6, 6.07) is 0. The maximum Gasteiger partial charge on any atom is 0.242 e.